The van der Waals surface area contributed by atoms with Crippen LogP contribution in [0.25, 0.3) is 23.1 Å². The molecular formula is C17H11ClFNO. The normalized spacial score (nSPS) is 11.3. The molecule has 1 N–H and O–H groups in total. The average Bonchev–Trinajstić information content (AvgIpc) is 2.48. The predicted octanol–water partition coefficient (Wildman–Crippen LogP) is 4.90. The van der Waals surface area contributed by atoms with Crippen LogP contribution in [0.5, 0.6) is 5.75 Å². The van der Waals surface area contributed by atoms with Gasteiger partial charge in [-0.05, 0) is 42.0 Å². The molecule has 0 atom stereocenters. The van der Waals surface area contributed by atoms with Crippen LogP contribution >= 0.6 is 11.6 Å². The van der Waals surface area contributed by atoms with Crippen LogP contribution in [0.1, 0.15) is 11.3 Å². The molecule has 0 aliphatic carbocycles. The Bertz CT molecular complexity index is 828. The number of pyridine rings is 1. The second-order valence-corrected chi connectivity index (χ2v) is 5.03. The number of halogens is 2. The fourth-order valence-electron chi connectivity index (χ4n) is 1.99. The topological polar surface area (TPSA) is 33.1 Å². The number of aromatic hydroxyl groups is 1. The molecule has 0 amide bonds. The summed E-state index contributed by atoms with van der Waals surface area (Å²) in [6, 6.07) is 13.4. The maximum atomic E-state index is 13.4. The molecule has 1 aromatic heterocycles. The van der Waals surface area contributed by atoms with Gasteiger partial charge >= 0.3 is 0 Å². The average molecular weight is 300 g/mol. The molecule has 0 aliphatic heterocycles. The van der Waals surface area contributed by atoms with Gasteiger partial charge in [0.15, 0.2) is 0 Å². The molecule has 0 radical (unpaired) electrons. The van der Waals surface area contributed by atoms with Crippen LogP contribution in [-0.2, 0) is 0 Å². The maximum absolute atomic E-state index is 13.4. The first kappa shape index (κ1) is 13.6. The number of phenols is 1. The SMILES string of the molecule is Oc1ccc(C=Cc2ccc3cc(F)c(Cl)cc3n2)cc1. The van der Waals surface area contributed by atoms with Gasteiger partial charge < -0.3 is 5.11 Å². The molecule has 2 aromatic carbocycles. The van der Waals surface area contributed by atoms with Crippen molar-refractivity contribution < 1.29 is 9.50 Å². The van der Waals surface area contributed by atoms with Crippen molar-refractivity contribution in [2.45, 2.75) is 0 Å². The lowest BCUT2D eigenvalue weighted by Gasteiger charge is -2.01. The van der Waals surface area contributed by atoms with Crippen molar-refractivity contribution in [2.24, 2.45) is 0 Å². The Morgan fingerprint density at radius 3 is 2.52 bits per heavy atom. The Labute approximate surface area is 126 Å². The number of nitrogens with zero attached hydrogens (tertiary/aromatic N) is 1. The van der Waals surface area contributed by atoms with Crippen LogP contribution in [0.2, 0.25) is 5.02 Å². The maximum Gasteiger partial charge on any atom is 0.142 e. The highest BCUT2D eigenvalue weighted by Gasteiger charge is 2.03. The van der Waals surface area contributed by atoms with Gasteiger partial charge in [-0.25, -0.2) is 9.37 Å². The second-order valence-electron chi connectivity index (χ2n) is 4.62. The summed E-state index contributed by atoms with van der Waals surface area (Å²) < 4.78 is 13.4. The number of hydrogen-bond donors (Lipinski definition) is 1. The number of rotatable bonds is 2. The number of aromatic nitrogens is 1. The number of benzene rings is 2. The Kier molecular flexibility index (Phi) is 3.59. The van der Waals surface area contributed by atoms with E-state index in [2.05, 4.69) is 4.98 Å². The summed E-state index contributed by atoms with van der Waals surface area (Å²) in [5.74, 6) is -0.217. The molecule has 4 heteroatoms. The van der Waals surface area contributed by atoms with Crippen LogP contribution in [-0.4, -0.2) is 10.1 Å². The van der Waals surface area contributed by atoms with Gasteiger partial charge in [0.2, 0.25) is 0 Å². The van der Waals surface area contributed by atoms with E-state index in [1.165, 1.54) is 12.1 Å². The molecule has 0 spiro atoms. The summed E-state index contributed by atoms with van der Waals surface area (Å²) in [6.07, 6.45) is 3.74. The van der Waals surface area contributed by atoms with Gasteiger partial charge in [-0.1, -0.05) is 35.9 Å². The second kappa shape index (κ2) is 5.54. The van der Waals surface area contributed by atoms with Crippen LogP contribution in [0, 0.1) is 5.82 Å². The largest absolute Gasteiger partial charge is 0.508 e. The lowest BCUT2D eigenvalue weighted by atomic mass is 10.1. The predicted molar refractivity (Wildman–Crippen MR) is 83.7 cm³/mol. The van der Waals surface area contributed by atoms with E-state index in [0.717, 1.165) is 11.3 Å². The summed E-state index contributed by atoms with van der Waals surface area (Å²) in [7, 11) is 0. The fraction of sp³-hybridized carbons (Fsp3) is 0. The third-order valence-electron chi connectivity index (χ3n) is 3.09. The van der Waals surface area contributed by atoms with Crippen molar-refractivity contribution in [3.05, 3.63) is 70.6 Å². The molecule has 0 unspecified atom stereocenters. The zero-order valence-electron chi connectivity index (χ0n) is 10.9. The summed E-state index contributed by atoms with van der Waals surface area (Å²) in [5.41, 5.74) is 2.35. The van der Waals surface area contributed by atoms with E-state index in [0.29, 0.717) is 10.9 Å². The Morgan fingerprint density at radius 1 is 1.00 bits per heavy atom. The highest BCUT2D eigenvalue weighted by molar-refractivity contribution is 6.31. The fourth-order valence-corrected chi connectivity index (χ4v) is 2.15. The first-order chi connectivity index (χ1) is 10.1. The lowest BCUT2D eigenvalue weighted by Crippen LogP contribution is -1.85. The van der Waals surface area contributed by atoms with Crippen molar-refractivity contribution in [2.75, 3.05) is 0 Å². The molecule has 104 valence electrons. The molecule has 3 rings (SSSR count). The molecule has 21 heavy (non-hydrogen) atoms. The van der Waals surface area contributed by atoms with E-state index in [1.807, 2.05) is 18.2 Å². The van der Waals surface area contributed by atoms with E-state index < -0.39 is 5.82 Å². The molecule has 0 saturated heterocycles. The molecule has 2 nitrogen and oxygen atoms in total. The Morgan fingerprint density at radius 2 is 1.76 bits per heavy atom. The van der Waals surface area contributed by atoms with E-state index in [9.17, 15) is 9.50 Å². The van der Waals surface area contributed by atoms with Crippen LogP contribution in [0.3, 0.4) is 0 Å². The minimum absolute atomic E-state index is 0.0645. The van der Waals surface area contributed by atoms with Gasteiger partial charge in [0, 0.05) is 5.39 Å². The zero-order chi connectivity index (χ0) is 14.8. The highest BCUT2D eigenvalue weighted by Crippen LogP contribution is 2.22. The minimum Gasteiger partial charge on any atom is -0.508 e. The highest BCUT2D eigenvalue weighted by atomic mass is 35.5. The Balaban J connectivity index is 1.94. The van der Waals surface area contributed by atoms with Gasteiger partial charge in [-0.3, -0.25) is 0 Å². The Hall–Kier alpha value is -2.39. The van der Waals surface area contributed by atoms with Crippen LogP contribution < -0.4 is 0 Å². The van der Waals surface area contributed by atoms with E-state index in [-0.39, 0.29) is 10.8 Å². The summed E-state index contributed by atoms with van der Waals surface area (Å²) in [6.45, 7) is 0. The van der Waals surface area contributed by atoms with Gasteiger partial charge in [0.05, 0.1) is 16.2 Å². The van der Waals surface area contributed by atoms with Crippen molar-refractivity contribution in [1.82, 2.24) is 4.98 Å². The molecule has 3 aromatic rings. The number of hydrogen-bond acceptors (Lipinski definition) is 2. The van der Waals surface area contributed by atoms with Gasteiger partial charge in [-0.15, -0.1) is 0 Å². The van der Waals surface area contributed by atoms with E-state index in [1.54, 1.807) is 30.3 Å². The van der Waals surface area contributed by atoms with Gasteiger partial charge in [0.1, 0.15) is 11.6 Å². The smallest absolute Gasteiger partial charge is 0.142 e. The third kappa shape index (κ3) is 3.03. The lowest BCUT2D eigenvalue weighted by molar-refractivity contribution is 0.475. The molecule has 0 saturated carbocycles. The van der Waals surface area contributed by atoms with Crippen molar-refractivity contribution in [3.63, 3.8) is 0 Å². The number of phenolic OH excluding ortho intramolecular Hbond substituents is 1. The first-order valence-corrected chi connectivity index (χ1v) is 6.72. The van der Waals surface area contributed by atoms with Crippen molar-refractivity contribution in [1.29, 1.82) is 0 Å². The monoisotopic (exact) mass is 299 g/mol. The molecular weight excluding hydrogens is 289 g/mol. The van der Waals surface area contributed by atoms with Crippen LogP contribution in [0.15, 0.2) is 48.5 Å². The van der Waals surface area contributed by atoms with E-state index in [4.69, 9.17) is 11.6 Å². The first-order valence-electron chi connectivity index (χ1n) is 6.35. The van der Waals surface area contributed by atoms with Crippen molar-refractivity contribution in [3.8, 4) is 5.75 Å². The van der Waals surface area contributed by atoms with Crippen LogP contribution in [0.4, 0.5) is 4.39 Å². The number of fused-ring (bicyclic) bond motifs is 1. The summed E-state index contributed by atoms with van der Waals surface area (Å²) in [5, 5.41) is 10.0. The summed E-state index contributed by atoms with van der Waals surface area (Å²) in [4.78, 5) is 4.42. The van der Waals surface area contributed by atoms with Gasteiger partial charge in [-0.2, -0.15) is 0 Å². The van der Waals surface area contributed by atoms with Crippen molar-refractivity contribution >= 4 is 34.7 Å². The third-order valence-corrected chi connectivity index (χ3v) is 3.38. The molecule has 1 heterocycles. The standard InChI is InChI=1S/C17H11ClFNO/c18-15-10-17-12(9-16(15)19)4-6-13(20-17)5-1-11-2-7-14(21)8-3-11/h1-10,21H. The van der Waals surface area contributed by atoms with E-state index >= 15 is 0 Å². The molecule has 0 bridgehead atoms. The minimum atomic E-state index is -0.446. The molecule has 0 aliphatic rings. The summed E-state index contributed by atoms with van der Waals surface area (Å²) >= 11 is 5.77. The van der Waals surface area contributed by atoms with Gasteiger partial charge in [0.25, 0.3) is 0 Å². The molecule has 0 fully saturated rings. The quantitative estimate of drug-likeness (QED) is 0.730. The zero-order valence-corrected chi connectivity index (χ0v) is 11.7.